The van der Waals surface area contributed by atoms with E-state index in [2.05, 4.69) is 41.1 Å². The Labute approximate surface area is 334 Å². The maximum atomic E-state index is 10.5. The van der Waals surface area contributed by atoms with Crippen molar-refractivity contribution in [1.82, 2.24) is 0 Å². The Hall–Kier alpha value is -0.129. The third-order valence-corrected chi connectivity index (χ3v) is 5.62. The normalized spacial score (nSPS) is 25.2. The maximum absolute atomic E-state index is 10.5. The van der Waals surface area contributed by atoms with E-state index < -0.39 is 93.7 Å². The van der Waals surface area contributed by atoms with Crippen LogP contribution in [0.2, 0.25) is 0 Å². The summed E-state index contributed by atoms with van der Waals surface area (Å²) >= 11 is 0. The SMILES string of the molecule is NCCN.NCCN.NCCN.O.O.O.O.O.OB1OB(O)O[B-]2(O1)OB(O)OB(O)O2.OB1OB(O)O[B-]2(O1)OB(O)O[B-]13OB(O)O[B-](O)(OB(O)O1)[O+]23.[Co+3]. The van der Waals surface area contributed by atoms with Gasteiger partial charge in [0.25, 0.3) is 0 Å². The minimum Gasteiger partial charge on any atom is -0.982 e. The maximum Gasteiger partial charge on any atom is 3.00 e. The zero-order valence-electron chi connectivity index (χ0n) is 29.0. The zero-order valence-corrected chi connectivity index (χ0v) is 30.1. The average molecular weight is 896 g/mol. The predicted molar refractivity (Wildman–Crippen MR) is 187 cm³/mol. The number of nitrogens with two attached hydrogens (primary N) is 6. The molecule has 6 rings (SSSR count). The van der Waals surface area contributed by atoms with Crippen LogP contribution in [0, 0.1) is 0 Å². The van der Waals surface area contributed by atoms with Gasteiger partial charge >= 0.3 is 110 Å². The minimum absolute atomic E-state index is 0. The van der Waals surface area contributed by atoms with Crippen LogP contribution in [-0.4, -0.2) is 211 Å². The van der Waals surface area contributed by atoms with E-state index in [0.717, 1.165) is 0 Å². The van der Waals surface area contributed by atoms with E-state index in [4.69, 9.17) is 81.9 Å². The molecule has 0 aromatic heterocycles. The van der Waals surface area contributed by atoms with Crippen LogP contribution in [0.1, 0.15) is 0 Å². The Morgan fingerprint density at radius 1 is 0.351 bits per heavy atom. The first-order valence-electron chi connectivity index (χ1n) is 14.3. The smallest absolute Gasteiger partial charge is 0.982 e. The molecule has 57 heavy (non-hydrogen) atoms. The van der Waals surface area contributed by atoms with E-state index in [1.54, 1.807) is 0 Å². The van der Waals surface area contributed by atoms with Crippen molar-refractivity contribution >= 4 is 93.7 Å². The minimum atomic E-state index is -4.00. The molecule has 6 fully saturated rings. The van der Waals surface area contributed by atoms with Gasteiger partial charge < -0.3 is 185 Å². The topological polar surface area (TPSA) is 657 Å². The van der Waals surface area contributed by atoms with Crippen LogP contribution in [0.15, 0.2) is 0 Å². The van der Waals surface area contributed by atoms with Gasteiger partial charge in [-0.1, -0.05) is 0 Å². The van der Waals surface area contributed by atoms with Gasteiger partial charge in [0, 0.05) is 39.3 Å². The molecule has 0 atom stereocenters. The first-order chi connectivity index (χ1) is 23.9. The molecule has 0 amide bonds. The predicted octanol–water partition coefficient (Wildman–Crippen LogP) is -19.0. The summed E-state index contributed by atoms with van der Waals surface area (Å²) in [5, 5.41) is 93.9. The van der Waals surface area contributed by atoms with Gasteiger partial charge in [0.05, 0.1) is 0 Å². The van der Waals surface area contributed by atoms with E-state index in [-0.39, 0.29) is 44.2 Å². The number of hydrogen-bond acceptors (Lipinski definition) is 31. The summed E-state index contributed by atoms with van der Waals surface area (Å²) in [6.07, 6.45) is 0. The molecule has 0 unspecified atom stereocenters. The van der Waals surface area contributed by atoms with Crippen molar-refractivity contribution in [2.24, 2.45) is 34.4 Å². The van der Waals surface area contributed by atoms with E-state index >= 15 is 0 Å². The van der Waals surface area contributed by atoms with Crippen LogP contribution in [0.5, 0.6) is 0 Å². The summed E-state index contributed by atoms with van der Waals surface area (Å²) in [5.74, 6) is 0. The molecule has 6 heterocycles. The van der Waals surface area contributed by atoms with Crippen molar-refractivity contribution < 1.29 is 167 Å². The van der Waals surface area contributed by atoms with Crippen LogP contribution in [0.3, 0.4) is 0 Å². The third-order valence-electron chi connectivity index (χ3n) is 5.62. The van der Waals surface area contributed by atoms with Gasteiger partial charge in [0.1, 0.15) is 0 Å². The van der Waals surface area contributed by atoms with Crippen molar-refractivity contribution in [3.05, 3.63) is 0 Å². The fourth-order valence-corrected chi connectivity index (χ4v) is 3.86. The summed E-state index contributed by atoms with van der Waals surface area (Å²) in [6.45, 7) is -11.2. The quantitative estimate of drug-likeness (QED) is 0.0924. The molecule has 2 bridgehead atoms. The molecule has 6 saturated heterocycles. The van der Waals surface area contributed by atoms with Crippen molar-refractivity contribution in [2.75, 3.05) is 39.3 Å². The van der Waals surface area contributed by atoms with Gasteiger partial charge in [-0.2, -0.15) is 0 Å². The van der Waals surface area contributed by atoms with Crippen molar-refractivity contribution in [3.8, 4) is 0 Å². The largest absolute Gasteiger partial charge is 3.00 e. The summed E-state index contributed by atoms with van der Waals surface area (Å²) in [6, 6.07) is 0. The standard InChI is InChI=1S/3C2H8N2.B8H6O16.B5H4O10.Co.5H2O/c3*3-1-2-4;9-1-15-2(10)19-7(18-1)22-5(13)23-8-20-3(11)16-6(14,24(7)8)17-4(12)21-8;6-1-10-2(7)13-5(12-1)14-3(8)11-4(9)15-5;;;;;;/h3*1-4H2;9-14H;6-9H;;5*1H2/q;;;-2;-1;+3;;;;;. The monoisotopic (exact) mass is 898 g/mol. The van der Waals surface area contributed by atoms with Gasteiger partial charge in [-0.3, -0.25) is 0 Å². The molecule has 0 aliphatic carbocycles. The Balaban J connectivity index is -0.000000237. The van der Waals surface area contributed by atoms with E-state index in [1.807, 2.05) is 0 Å². The van der Waals surface area contributed by atoms with Crippen LogP contribution in [0.4, 0.5) is 0 Å². The van der Waals surface area contributed by atoms with E-state index in [9.17, 15) is 30.1 Å². The molecule has 32 N–H and O–H groups in total. The van der Waals surface area contributed by atoms with Crippen LogP contribution >= 0.6 is 0 Å². The second-order valence-electron chi connectivity index (χ2n) is 9.28. The van der Waals surface area contributed by atoms with Gasteiger partial charge in [0.15, 0.2) is 0 Å². The Morgan fingerprint density at radius 2 is 0.544 bits per heavy atom. The summed E-state index contributed by atoms with van der Waals surface area (Å²) in [4.78, 5) is 0. The second kappa shape index (κ2) is 30.0. The first kappa shape index (κ1) is 66.0. The van der Waals surface area contributed by atoms with Gasteiger partial charge in [-0.05, 0) is 0 Å². The van der Waals surface area contributed by atoms with Crippen molar-refractivity contribution in [1.29, 1.82) is 0 Å². The fraction of sp³-hybridized carbons (Fsp3) is 1.00. The molecule has 332 valence electrons. The first-order valence-corrected chi connectivity index (χ1v) is 14.3. The molecule has 0 saturated carbocycles. The van der Waals surface area contributed by atoms with Crippen LogP contribution in [-0.2, 0) is 89.5 Å². The van der Waals surface area contributed by atoms with Gasteiger partial charge in [0.2, 0.25) is 0 Å². The Kier molecular flexibility index (Phi) is 34.7. The molecule has 0 aromatic carbocycles. The molecule has 51 heteroatoms. The second-order valence-corrected chi connectivity index (χ2v) is 9.28. The van der Waals surface area contributed by atoms with E-state index in [0.29, 0.717) is 39.3 Å². The van der Waals surface area contributed by atoms with Crippen molar-refractivity contribution in [3.63, 3.8) is 0 Å². The molecular weight excluding hydrogens is 852 g/mol. The molecule has 0 aromatic rings. The molecule has 6 aliphatic rings. The number of rotatable bonds is 3. The zero-order chi connectivity index (χ0) is 38.6. The molecule has 6 aliphatic heterocycles. The number of hydrogen-bond donors (Lipinski definition) is 16. The summed E-state index contributed by atoms with van der Waals surface area (Å²) in [5.41, 5.74) is 29.4. The Bertz CT molecular complexity index is 928. The molecule has 2 spiro atoms. The van der Waals surface area contributed by atoms with Gasteiger partial charge in [-0.25, -0.2) is 0 Å². The van der Waals surface area contributed by atoms with Gasteiger partial charge in [-0.15, -0.1) is 0 Å². The molecule has 0 radical (unpaired) electrons. The average Bonchev–Trinajstić information content (AvgIpc) is 2.97. The summed E-state index contributed by atoms with van der Waals surface area (Å²) < 4.78 is 70.3. The fourth-order valence-electron chi connectivity index (χ4n) is 3.86. The van der Waals surface area contributed by atoms with Crippen LogP contribution < -0.4 is 34.4 Å². The van der Waals surface area contributed by atoms with E-state index in [1.165, 1.54) is 4.12 Å². The van der Waals surface area contributed by atoms with Crippen molar-refractivity contribution in [2.45, 2.75) is 0 Å². The Morgan fingerprint density at radius 3 is 0.772 bits per heavy atom. The molecule has 37 nitrogen and oxygen atoms in total. The molecular formula is C6H44B13CoN6O31. The third kappa shape index (κ3) is 18.8. The summed E-state index contributed by atoms with van der Waals surface area (Å²) in [7, 11) is -18.6. The van der Waals surface area contributed by atoms with Crippen LogP contribution in [0.25, 0.3) is 0 Å².